The molecule has 1 atom stereocenters. The van der Waals surface area contributed by atoms with Crippen molar-refractivity contribution in [3.05, 3.63) is 24.0 Å². The smallest absolute Gasteiger partial charge is 0.256 e. The molecular formula is C15H25N3OS. The molecule has 0 radical (unpaired) electrons. The number of hydrogen-bond acceptors (Lipinski definition) is 4. The normalized spacial score (nSPS) is 12.0. The maximum atomic E-state index is 12.6. The quantitative estimate of drug-likeness (QED) is 0.800. The van der Waals surface area contributed by atoms with Gasteiger partial charge in [-0.1, -0.05) is 6.92 Å². The first kappa shape index (κ1) is 16.8. The second-order valence-electron chi connectivity index (χ2n) is 4.89. The SMILES string of the molecule is CCCNc1cnccc1C(=O)N(C)C(C)CCSC. The van der Waals surface area contributed by atoms with E-state index < -0.39 is 0 Å². The number of pyridine rings is 1. The third-order valence-electron chi connectivity index (χ3n) is 3.34. The van der Waals surface area contributed by atoms with Crippen LogP contribution in [0.5, 0.6) is 0 Å². The van der Waals surface area contributed by atoms with Crippen LogP contribution in [0.2, 0.25) is 0 Å². The molecule has 0 fully saturated rings. The van der Waals surface area contributed by atoms with Crippen molar-refractivity contribution in [2.75, 3.05) is 30.9 Å². The predicted octanol–water partition coefficient (Wildman–Crippen LogP) is 3.12. The molecule has 0 aliphatic rings. The summed E-state index contributed by atoms with van der Waals surface area (Å²) in [6, 6.07) is 2.03. The molecular weight excluding hydrogens is 270 g/mol. The summed E-state index contributed by atoms with van der Waals surface area (Å²) in [6.07, 6.45) is 7.51. The number of aromatic nitrogens is 1. The summed E-state index contributed by atoms with van der Waals surface area (Å²) < 4.78 is 0. The Balaban J connectivity index is 2.80. The van der Waals surface area contributed by atoms with Crippen LogP contribution in [0.1, 0.15) is 37.0 Å². The van der Waals surface area contributed by atoms with E-state index in [4.69, 9.17) is 0 Å². The maximum Gasteiger partial charge on any atom is 0.256 e. The highest BCUT2D eigenvalue weighted by Gasteiger charge is 2.19. The number of nitrogens with zero attached hydrogens (tertiary/aromatic N) is 2. The number of anilines is 1. The number of thioether (sulfide) groups is 1. The molecule has 0 saturated heterocycles. The summed E-state index contributed by atoms with van der Waals surface area (Å²) in [4.78, 5) is 18.5. The fourth-order valence-electron chi connectivity index (χ4n) is 1.85. The molecule has 0 aromatic carbocycles. The van der Waals surface area contributed by atoms with Crippen LogP contribution in [0.25, 0.3) is 0 Å². The lowest BCUT2D eigenvalue weighted by Gasteiger charge is -2.25. The Morgan fingerprint density at radius 1 is 1.55 bits per heavy atom. The van der Waals surface area contributed by atoms with Gasteiger partial charge in [0.1, 0.15) is 0 Å². The summed E-state index contributed by atoms with van der Waals surface area (Å²) in [5.74, 6) is 1.12. The van der Waals surface area contributed by atoms with E-state index in [1.54, 1.807) is 18.5 Å². The first-order chi connectivity index (χ1) is 9.61. The molecule has 0 bridgehead atoms. The van der Waals surface area contributed by atoms with E-state index in [1.807, 2.05) is 23.7 Å². The van der Waals surface area contributed by atoms with Crippen molar-refractivity contribution in [3.63, 3.8) is 0 Å². The van der Waals surface area contributed by atoms with Gasteiger partial charge in [-0.2, -0.15) is 11.8 Å². The Kier molecular flexibility index (Phi) is 7.44. The minimum atomic E-state index is 0.0552. The summed E-state index contributed by atoms with van der Waals surface area (Å²) in [7, 11) is 1.87. The summed E-state index contributed by atoms with van der Waals surface area (Å²) in [5, 5.41) is 3.27. The first-order valence-electron chi connectivity index (χ1n) is 7.05. The molecule has 1 aromatic heterocycles. The average molecular weight is 295 g/mol. The van der Waals surface area contributed by atoms with Crippen LogP contribution in [0.15, 0.2) is 18.5 Å². The van der Waals surface area contributed by atoms with Crippen molar-refractivity contribution in [2.45, 2.75) is 32.7 Å². The van der Waals surface area contributed by atoms with E-state index in [0.717, 1.165) is 30.8 Å². The Morgan fingerprint density at radius 3 is 2.95 bits per heavy atom. The lowest BCUT2D eigenvalue weighted by Crippen LogP contribution is -2.35. The Labute approximate surface area is 126 Å². The summed E-state index contributed by atoms with van der Waals surface area (Å²) in [6.45, 7) is 5.04. The van der Waals surface area contributed by atoms with Crippen LogP contribution in [0, 0.1) is 0 Å². The lowest BCUT2D eigenvalue weighted by molar-refractivity contribution is 0.0742. The van der Waals surface area contributed by atoms with Gasteiger partial charge in [-0.15, -0.1) is 0 Å². The van der Waals surface area contributed by atoms with Gasteiger partial charge >= 0.3 is 0 Å². The number of amides is 1. The number of carbonyl (C=O) groups excluding carboxylic acids is 1. The third kappa shape index (κ3) is 4.71. The number of nitrogens with one attached hydrogen (secondary N) is 1. The minimum absolute atomic E-state index is 0.0552. The molecule has 112 valence electrons. The largest absolute Gasteiger partial charge is 0.383 e. The van der Waals surface area contributed by atoms with Crippen LogP contribution in [-0.2, 0) is 0 Å². The third-order valence-corrected chi connectivity index (χ3v) is 3.98. The van der Waals surface area contributed by atoms with Crippen molar-refractivity contribution in [3.8, 4) is 0 Å². The fourth-order valence-corrected chi connectivity index (χ4v) is 2.43. The average Bonchev–Trinajstić information content (AvgIpc) is 2.49. The lowest BCUT2D eigenvalue weighted by atomic mass is 10.1. The van der Waals surface area contributed by atoms with Gasteiger partial charge in [0.05, 0.1) is 17.4 Å². The van der Waals surface area contributed by atoms with Gasteiger partial charge in [-0.05, 0) is 37.8 Å². The second-order valence-corrected chi connectivity index (χ2v) is 5.88. The van der Waals surface area contributed by atoms with Crippen LogP contribution < -0.4 is 5.32 Å². The molecule has 0 aliphatic heterocycles. The van der Waals surface area contributed by atoms with E-state index in [9.17, 15) is 4.79 Å². The van der Waals surface area contributed by atoms with Crippen molar-refractivity contribution < 1.29 is 4.79 Å². The van der Waals surface area contributed by atoms with Gasteiger partial charge in [-0.3, -0.25) is 9.78 Å². The number of carbonyl (C=O) groups is 1. The van der Waals surface area contributed by atoms with E-state index >= 15 is 0 Å². The van der Waals surface area contributed by atoms with Crippen LogP contribution >= 0.6 is 11.8 Å². The zero-order chi connectivity index (χ0) is 15.0. The van der Waals surface area contributed by atoms with Gasteiger partial charge in [0.15, 0.2) is 0 Å². The fraction of sp³-hybridized carbons (Fsp3) is 0.600. The van der Waals surface area contributed by atoms with Crippen LogP contribution in [-0.4, -0.2) is 47.4 Å². The number of hydrogen-bond donors (Lipinski definition) is 1. The Hall–Kier alpha value is -1.23. The van der Waals surface area contributed by atoms with Crippen molar-refractivity contribution in [1.82, 2.24) is 9.88 Å². The van der Waals surface area contributed by atoms with E-state index in [-0.39, 0.29) is 11.9 Å². The molecule has 4 nitrogen and oxygen atoms in total. The zero-order valence-electron chi connectivity index (χ0n) is 12.8. The maximum absolute atomic E-state index is 12.6. The molecule has 0 saturated carbocycles. The molecule has 0 spiro atoms. The van der Waals surface area contributed by atoms with E-state index in [2.05, 4.69) is 30.4 Å². The molecule has 1 N–H and O–H groups in total. The Bertz CT molecular complexity index is 425. The molecule has 1 heterocycles. The zero-order valence-corrected chi connectivity index (χ0v) is 13.7. The van der Waals surface area contributed by atoms with Gasteiger partial charge in [0.25, 0.3) is 5.91 Å². The van der Waals surface area contributed by atoms with Gasteiger partial charge in [0.2, 0.25) is 0 Å². The number of rotatable bonds is 8. The highest BCUT2D eigenvalue weighted by molar-refractivity contribution is 7.98. The van der Waals surface area contributed by atoms with Crippen molar-refractivity contribution >= 4 is 23.4 Å². The molecule has 1 amide bonds. The van der Waals surface area contributed by atoms with Crippen LogP contribution in [0.4, 0.5) is 5.69 Å². The summed E-state index contributed by atoms with van der Waals surface area (Å²) >= 11 is 1.81. The topological polar surface area (TPSA) is 45.2 Å². The van der Waals surface area contributed by atoms with Crippen molar-refractivity contribution in [2.24, 2.45) is 0 Å². The highest BCUT2D eigenvalue weighted by Crippen LogP contribution is 2.17. The standard InChI is InChI=1S/C15H25N3OS/c1-5-8-17-14-11-16-9-6-13(14)15(19)18(3)12(2)7-10-20-4/h6,9,11-12,17H,5,7-8,10H2,1-4H3. The minimum Gasteiger partial charge on any atom is -0.383 e. The van der Waals surface area contributed by atoms with E-state index in [0.29, 0.717) is 5.56 Å². The molecule has 5 heteroatoms. The highest BCUT2D eigenvalue weighted by atomic mass is 32.2. The van der Waals surface area contributed by atoms with Crippen molar-refractivity contribution in [1.29, 1.82) is 0 Å². The first-order valence-corrected chi connectivity index (χ1v) is 8.45. The van der Waals surface area contributed by atoms with E-state index in [1.165, 1.54) is 0 Å². The molecule has 1 unspecified atom stereocenters. The Morgan fingerprint density at radius 2 is 2.30 bits per heavy atom. The molecule has 20 heavy (non-hydrogen) atoms. The van der Waals surface area contributed by atoms with Gasteiger partial charge < -0.3 is 10.2 Å². The monoisotopic (exact) mass is 295 g/mol. The molecule has 0 aliphatic carbocycles. The summed E-state index contributed by atoms with van der Waals surface area (Å²) in [5.41, 5.74) is 1.52. The van der Waals surface area contributed by atoms with Crippen LogP contribution in [0.3, 0.4) is 0 Å². The van der Waals surface area contributed by atoms with Gasteiger partial charge in [-0.25, -0.2) is 0 Å². The molecule has 1 aromatic rings. The molecule has 1 rings (SSSR count). The predicted molar refractivity (Wildman–Crippen MR) is 87.6 cm³/mol. The van der Waals surface area contributed by atoms with Gasteiger partial charge in [0, 0.05) is 25.8 Å². The second kappa shape index (κ2) is 8.84.